The van der Waals surface area contributed by atoms with Gasteiger partial charge in [-0.1, -0.05) is 33.5 Å². The molecule has 0 radical (unpaired) electrons. The van der Waals surface area contributed by atoms with Crippen LogP contribution < -0.4 is 10.0 Å². The molecule has 3 rings (SSSR count). The summed E-state index contributed by atoms with van der Waals surface area (Å²) in [4.78, 5) is 1.04. The molecule has 31 heavy (non-hydrogen) atoms. The molecule has 0 aliphatic heterocycles. The van der Waals surface area contributed by atoms with Gasteiger partial charge in [0.05, 0.1) is 0 Å². The third-order valence-electron chi connectivity index (χ3n) is 4.10. The van der Waals surface area contributed by atoms with Crippen LogP contribution in [0.1, 0.15) is 33.3 Å². The Morgan fingerprint density at radius 2 is 1.71 bits per heavy atom. The van der Waals surface area contributed by atoms with Crippen molar-refractivity contribution in [1.82, 2.24) is 24.9 Å². The van der Waals surface area contributed by atoms with Crippen LogP contribution in [0.3, 0.4) is 0 Å². The van der Waals surface area contributed by atoms with Crippen molar-refractivity contribution in [1.29, 1.82) is 0 Å². The zero-order chi connectivity index (χ0) is 22.9. The number of nitrogens with one attached hydrogen (secondary N) is 2. The number of aromatic nitrogens is 4. The molecule has 2 aromatic carbocycles. The van der Waals surface area contributed by atoms with Gasteiger partial charge in [-0.2, -0.15) is 0 Å². The van der Waals surface area contributed by atoms with E-state index >= 15 is 0 Å². The molecule has 0 saturated heterocycles. The SMILES string of the molecule is CC(C)(C)NS(=O)(=O)Cn1nnc(-c2ccccc2Nc2ccc(C(C)(F)P)cc2)n1. The Kier molecular flexibility index (Phi) is 6.45. The fraction of sp³-hybridized carbons (Fsp3) is 0.350. The highest BCUT2D eigenvalue weighted by molar-refractivity contribution is 7.88. The van der Waals surface area contributed by atoms with Crippen molar-refractivity contribution in [3.8, 4) is 11.4 Å². The molecule has 0 fully saturated rings. The van der Waals surface area contributed by atoms with Crippen LogP contribution in [0.15, 0.2) is 48.5 Å². The Bertz CT molecular complexity index is 1150. The van der Waals surface area contributed by atoms with E-state index in [1.165, 1.54) is 6.92 Å². The van der Waals surface area contributed by atoms with Gasteiger partial charge in [0.15, 0.2) is 5.88 Å². The summed E-state index contributed by atoms with van der Waals surface area (Å²) in [6.07, 6.45) is 0. The molecule has 0 bridgehead atoms. The van der Waals surface area contributed by atoms with Gasteiger partial charge in [0.25, 0.3) is 0 Å². The number of benzene rings is 2. The van der Waals surface area contributed by atoms with Gasteiger partial charge in [-0.25, -0.2) is 17.5 Å². The van der Waals surface area contributed by atoms with Crippen LogP contribution in [0.2, 0.25) is 0 Å². The van der Waals surface area contributed by atoms with Crippen LogP contribution >= 0.6 is 9.24 Å². The second kappa shape index (κ2) is 8.61. The molecule has 2 atom stereocenters. The first-order valence-corrected chi connectivity index (χ1v) is 11.8. The number of hydrogen-bond donors (Lipinski definition) is 2. The second-order valence-electron chi connectivity index (χ2n) is 8.40. The summed E-state index contributed by atoms with van der Waals surface area (Å²) in [5.74, 6) is -0.155. The van der Waals surface area contributed by atoms with Crippen molar-refractivity contribution in [2.45, 2.75) is 44.5 Å². The topological polar surface area (TPSA) is 102 Å². The van der Waals surface area contributed by atoms with E-state index in [-0.39, 0.29) is 5.82 Å². The maximum Gasteiger partial charge on any atom is 0.234 e. The van der Waals surface area contributed by atoms with E-state index < -0.39 is 26.8 Å². The Labute approximate surface area is 183 Å². The number of tetrazole rings is 1. The molecule has 1 heterocycles. The molecule has 0 amide bonds. The molecule has 3 aromatic rings. The summed E-state index contributed by atoms with van der Waals surface area (Å²) >= 11 is 0. The number of sulfonamides is 1. The summed E-state index contributed by atoms with van der Waals surface area (Å²) in [5.41, 5.74) is 2.06. The van der Waals surface area contributed by atoms with E-state index in [1.54, 1.807) is 51.1 Å². The monoisotopic (exact) mass is 464 g/mol. The fourth-order valence-corrected chi connectivity index (χ4v) is 4.48. The summed E-state index contributed by atoms with van der Waals surface area (Å²) in [6, 6.07) is 14.3. The largest absolute Gasteiger partial charge is 0.355 e. The lowest BCUT2D eigenvalue weighted by atomic mass is 10.1. The summed E-state index contributed by atoms with van der Waals surface area (Å²) < 4.78 is 41.2. The van der Waals surface area contributed by atoms with Crippen LogP contribution in [0.25, 0.3) is 11.4 Å². The van der Waals surface area contributed by atoms with Crippen molar-refractivity contribution in [3.63, 3.8) is 0 Å². The van der Waals surface area contributed by atoms with Crippen LogP contribution in [0, 0.1) is 0 Å². The fourth-order valence-electron chi connectivity index (χ4n) is 2.88. The van der Waals surface area contributed by atoms with Gasteiger partial charge in [-0.05, 0) is 62.7 Å². The standard InChI is InChI=1S/C20H26FN6O2PS/c1-19(2,3)25-31(28,29)13-27-24-18(23-26-27)16-7-5-6-8-17(16)22-15-11-9-14(10-12-15)20(4,21)30/h5-12,22,25H,13,30H2,1-4H3. The third kappa shape index (κ3) is 6.53. The van der Waals surface area contributed by atoms with Gasteiger partial charge >= 0.3 is 0 Å². The number of halogens is 1. The number of para-hydroxylation sites is 1. The first-order chi connectivity index (χ1) is 14.3. The zero-order valence-corrected chi connectivity index (χ0v) is 19.8. The zero-order valence-electron chi connectivity index (χ0n) is 17.8. The van der Waals surface area contributed by atoms with Crippen molar-refractivity contribution < 1.29 is 12.8 Å². The molecule has 2 N–H and O–H groups in total. The van der Waals surface area contributed by atoms with Crippen LogP contribution in [-0.2, 0) is 21.3 Å². The van der Waals surface area contributed by atoms with Gasteiger partial charge in [0, 0.05) is 22.5 Å². The summed E-state index contributed by atoms with van der Waals surface area (Å²) in [6.45, 7) is 6.74. The molecule has 0 spiro atoms. The van der Waals surface area contributed by atoms with Gasteiger partial charge in [-0.15, -0.1) is 15.0 Å². The molecule has 11 heteroatoms. The average molecular weight is 465 g/mol. The minimum absolute atomic E-state index is 0.284. The molecule has 2 unspecified atom stereocenters. The van der Waals surface area contributed by atoms with Crippen molar-refractivity contribution >= 4 is 30.6 Å². The highest BCUT2D eigenvalue weighted by atomic mass is 32.2. The summed E-state index contributed by atoms with van der Waals surface area (Å²) in [5, 5.41) is 13.9. The van der Waals surface area contributed by atoms with Gasteiger partial charge in [0.1, 0.15) is 5.41 Å². The average Bonchev–Trinajstić information content (AvgIpc) is 3.07. The van der Waals surface area contributed by atoms with Gasteiger partial charge in [0.2, 0.25) is 15.8 Å². The lowest BCUT2D eigenvalue weighted by Gasteiger charge is -2.19. The first-order valence-electron chi connectivity index (χ1n) is 9.57. The van der Waals surface area contributed by atoms with Crippen molar-refractivity contribution in [2.75, 3.05) is 5.32 Å². The smallest absolute Gasteiger partial charge is 0.234 e. The number of alkyl halides is 1. The third-order valence-corrected chi connectivity index (χ3v) is 5.92. The van der Waals surface area contributed by atoms with Gasteiger partial charge < -0.3 is 5.32 Å². The molecule has 0 aliphatic carbocycles. The molecule has 166 valence electrons. The summed E-state index contributed by atoms with van der Waals surface area (Å²) in [7, 11) is -1.46. The molecule has 0 saturated carbocycles. The molecular weight excluding hydrogens is 438 g/mol. The first kappa shape index (κ1) is 23.2. The van der Waals surface area contributed by atoms with E-state index in [0.29, 0.717) is 16.8 Å². The number of anilines is 2. The molecule has 0 aliphatic rings. The van der Waals surface area contributed by atoms with Crippen molar-refractivity contribution in [2.24, 2.45) is 0 Å². The number of rotatable bonds is 7. The van der Waals surface area contributed by atoms with Gasteiger partial charge in [-0.3, -0.25) is 0 Å². The maximum atomic E-state index is 14.0. The molecular formula is C20H26FN6O2PS. The maximum absolute atomic E-state index is 14.0. The quantitative estimate of drug-likeness (QED) is 0.516. The van der Waals surface area contributed by atoms with Crippen molar-refractivity contribution in [3.05, 3.63) is 54.1 Å². The van der Waals surface area contributed by atoms with Crippen LogP contribution in [0.4, 0.5) is 15.8 Å². The molecule has 8 nitrogen and oxygen atoms in total. The normalized spacial score (nSPS) is 14.3. The lowest BCUT2D eigenvalue weighted by molar-refractivity contribution is 0.324. The Hall–Kier alpha value is -2.42. The second-order valence-corrected chi connectivity index (χ2v) is 11.2. The van der Waals surface area contributed by atoms with Crippen LogP contribution in [-0.4, -0.2) is 34.2 Å². The molecule has 1 aromatic heterocycles. The van der Waals surface area contributed by atoms with E-state index in [1.807, 2.05) is 18.2 Å². The highest BCUT2D eigenvalue weighted by Gasteiger charge is 2.22. The Morgan fingerprint density at radius 1 is 1.06 bits per heavy atom. The lowest BCUT2D eigenvalue weighted by Crippen LogP contribution is -2.42. The predicted molar refractivity (Wildman–Crippen MR) is 123 cm³/mol. The minimum atomic E-state index is -3.64. The van der Waals surface area contributed by atoms with E-state index in [0.717, 1.165) is 10.5 Å². The van der Waals surface area contributed by atoms with Crippen LogP contribution in [0.5, 0.6) is 0 Å². The number of hydrogen-bond acceptors (Lipinski definition) is 6. The predicted octanol–water partition coefficient (Wildman–Crippen LogP) is 3.78. The van der Waals surface area contributed by atoms with E-state index in [4.69, 9.17) is 0 Å². The van der Waals surface area contributed by atoms with E-state index in [2.05, 4.69) is 34.7 Å². The number of nitrogens with zero attached hydrogens (tertiary/aromatic N) is 4. The van der Waals surface area contributed by atoms with E-state index in [9.17, 15) is 12.8 Å². The Balaban J connectivity index is 1.81. The Morgan fingerprint density at radius 3 is 2.32 bits per heavy atom. The minimum Gasteiger partial charge on any atom is -0.355 e. The highest BCUT2D eigenvalue weighted by Crippen LogP contribution is 2.34.